The molecule has 1 aliphatic rings. The van der Waals surface area contributed by atoms with Crippen molar-refractivity contribution in [2.75, 3.05) is 17.3 Å². The van der Waals surface area contributed by atoms with Crippen molar-refractivity contribution in [1.82, 2.24) is 0 Å². The molecule has 4 heteroatoms. The second-order valence-corrected chi connectivity index (χ2v) is 6.35. The van der Waals surface area contributed by atoms with Crippen LogP contribution >= 0.6 is 11.8 Å². The molecule has 1 aliphatic carbocycles. The maximum Gasteiger partial charge on any atom is 0.161 e. The number of nitrogen functional groups attached to an aromatic ring is 1. The number of hydrogen-bond acceptors (Lipinski definition) is 4. The fourth-order valence-electron chi connectivity index (χ4n) is 2.63. The summed E-state index contributed by atoms with van der Waals surface area (Å²) in [7, 11) is 0. The largest absolute Gasteiger partial charge is 0.398 e. The first-order chi connectivity index (χ1) is 9.10. The van der Waals surface area contributed by atoms with Gasteiger partial charge in [-0.05, 0) is 57.1 Å². The molecular formula is C15H22N2OS. The molecule has 104 valence electrons. The van der Waals surface area contributed by atoms with Crippen LogP contribution in [0.3, 0.4) is 0 Å². The number of carbonyl (C=O) groups is 1. The van der Waals surface area contributed by atoms with Gasteiger partial charge in [-0.15, -0.1) is 0 Å². The van der Waals surface area contributed by atoms with Crippen LogP contribution in [0.5, 0.6) is 0 Å². The molecule has 0 atom stereocenters. The lowest BCUT2D eigenvalue weighted by Gasteiger charge is -2.29. The summed E-state index contributed by atoms with van der Waals surface area (Å²) < 4.78 is 0. The van der Waals surface area contributed by atoms with E-state index in [-0.39, 0.29) is 5.78 Å². The summed E-state index contributed by atoms with van der Waals surface area (Å²) in [6.07, 6.45) is 7.13. The Balaban J connectivity index is 2.00. The fourth-order valence-corrected chi connectivity index (χ4v) is 3.37. The van der Waals surface area contributed by atoms with Crippen molar-refractivity contribution < 1.29 is 4.79 Å². The van der Waals surface area contributed by atoms with E-state index in [2.05, 4.69) is 11.6 Å². The monoisotopic (exact) mass is 278 g/mol. The first kappa shape index (κ1) is 14.3. The van der Waals surface area contributed by atoms with Gasteiger partial charge in [0.1, 0.15) is 0 Å². The maximum atomic E-state index is 11.5. The summed E-state index contributed by atoms with van der Waals surface area (Å²) in [6.45, 7) is 1.55. The van der Waals surface area contributed by atoms with Gasteiger partial charge in [0.15, 0.2) is 5.78 Å². The number of Topliss-reactive ketones (excluding diaryl/α,β-unsaturated/α-hetero) is 1. The Hall–Kier alpha value is -1.16. The summed E-state index contributed by atoms with van der Waals surface area (Å²) in [5.74, 6) is 0.0206. The summed E-state index contributed by atoms with van der Waals surface area (Å²) >= 11 is 1.97. The molecule has 0 spiro atoms. The molecule has 0 amide bonds. The highest BCUT2D eigenvalue weighted by Crippen LogP contribution is 2.29. The van der Waals surface area contributed by atoms with Crippen LogP contribution in [0.25, 0.3) is 0 Å². The van der Waals surface area contributed by atoms with Gasteiger partial charge in [-0.2, -0.15) is 11.8 Å². The summed E-state index contributed by atoms with van der Waals surface area (Å²) in [4.78, 5) is 11.5. The van der Waals surface area contributed by atoms with E-state index < -0.39 is 0 Å². The predicted octanol–water partition coefficient (Wildman–Crippen LogP) is 3.56. The van der Waals surface area contributed by atoms with Crippen molar-refractivity contribution in [2.45, 2.75) is 43.9 Å². The molecule has 1 saturated carbocycles. The summed E-state index contributed by atoms with van der Waals surface area (Å²) in [6, 6.07) is 6.17. The Labute approximate surface area is 119 Å². The third-order valence-electron chi connectivity index (χ3n) is 3.81. The Bertz CT molecular complexity index is 453. The van der Waals surface area contributed by atoms with Crippen molar-refractivity contribution in [3.05, 3.63) is 23.8 Å². The van der Waals surface area contributed by atoms with Gasteiger partial charge in [0.25, 0.3) is 0 Å². The second kappa shape index (κ2) is 6.33. The van der Waals surface area contributed by atoms with Gasteiger partial charge in [-0.1, -0.05) is 0 Å². The molecule has 1 aromatic rings. The minimum Gasteiger partial charge on any atom is -0.398 e. The fraction of sp³-hybridized carbons (Fsp3) is 0.533. The molecule has 0 aromatic heterocycles. The molecular weight excluding hydrogens is 256 g/mol. The minimum absolute atomic E-state index is 0.0206. The van der Waals surface area contributed by atoms with E-state index in [4.69, 9.17) is 5.73 Å². The van der Waals surface area contributed by atoms with Gasteiger partial charge < -0.3 is 11.1 Å². The molecule has 3 nitrogen and oxygen atoms in total. The number of hydrogen-bond donors (Lipinski definition) is 2. The zero-order chi connectivity index (χ0) is 13.8. The minimum atomic E-state index is 0.0206. The van der Waals surface area contributed by atoms with Crippen LogP contribution in [0.4, 0.5) is 11.4 Å². The molecule has 0 unspecified atom stereocenters. The number of anilines is 2. The Kier molecular flexibility index (Phi) is 4.75. The summed E-state index contributed by atoms with van der Waals surface area (Å²) in [5.41, 5.74) is 7.99. The first-order valence-corrected chi connectivity index (χ1v) is 8.08. The summed E-state index contributed by atoms with van der Waals surface area (Å²) in [5, 5.41) is 4.35. The van der Waals surface area contributed by atoms with Crippen LogP contribution in [0, 0.1) is 0 Å². The number of ketones is 1. The zero-order valence-corrected chi connectivity index (χ0v) is 12.4. The standard InChI is InChI=1S/C15H22N2OS/c1-10(18)14-9-12(5-8-15(14)16)17-11-3-6-13(19-2)7-4-11/h5,8-9,11,13,17H,3-4,6-7,16H2,1-2H3. The van der Waals surface area contributed by atoms with Crippen LogP contribution in [0.2, 0.25) is 0 Å². The van der Waals surface area contributed by atoms with Crippen LogP contribution in [-0.4, -0.2) is 23.3 Å². The number of nitrogens with two attached hydrogens (primary N) is 1. The lowest BCUT2D eigenvalue weighted by Crippen LogP contribution is -2.27. The SMILES string of the molecule is CSC1CCC(Nc2ccc(N)c(C(C)=O)c2)CC1. The third-order valence-corrected chi connectivity index (χ3v) is 4.95. The normalized spacial score (nSPS) is 23.1. The first-order valence-electron chi connectivity index (χ1n) is 6.80. The number of benzene rings is 1. The van der Waals surface area contributed by atoms with Gasteiger partial charge in [-0.3, -0.25) is 4.79 Å². The average molecular weight is 278 g/mol. The number of thioether (sulfide) groups is 1. The van der Waals surface area contributed by atoms with Crippen molar-refractivity contribution in [2.24, 2.45) is 0 Å². The molecule has 19 heavy (non-hydrogen) atoms. The molecule has 0 aliphatic heterocycles. The molecule has 1 fully saturated rings. The number of carbonyl (C=O) groups excluding carboxylic acids is 1. The van der Waals surface area contributed by atoms with E-state index in [0.717, 1.165) is 10.9 Å². The van der Waals surface area contributed by atoms with Gasteiger partial charge >= 0.3 is 0 Å². The smallest absolute Gasteiger partial charge is 0.161 e. The van der Waals surface area contributed by atoms with Crippen molar-refractivity contribution in [3.8, 4) is 0 Å². The molecule has 0 heterocycles. The van der Waals surface area contributed by atoms with Crippen molar-refractivity contribution in [1.29, 1.82) is 0 Å². The number of nitrogens with one attached hydrogen (secondary N) is 1. The van der Waals surface area contributed by atoms with Crippen LogP contribution in [-0.2, 0) is 0 Å². The van der Waals surface area contributed by atoms with Crippen molar-refractivity contribution in [3.63, 3.8) is 0 Å². The highest BCUT2D eigenvalue weighted by atomic mass is 32.2. The molecule has 1 aromatic carbocycles. The molecule has 0 radical (unpaired) electrons. The van der Waals surface area contributed by atoms with Crippen LogP contribution < -0.4 is 11.1 Å². The molecule has 2 rings (SSSR count). The Morgan fingerprint density at radius 2 is 2.00 bits per heavy atom. The van der Waals surface area contributed by atoms with Crippen LogP contribution in [0.15, 0.2) is 18.2 Å². The van der Waals surface area contributed by atoms with Crippen molar-refractivity contribution >= 4 is 28.9 Å². The van der Waals surface area contributed by atoms with E-state index >= 15 is 0 Å². The lowest BCUT2D eigenvalue weighted by atomic mass is 9.94. The Morgan fingerprint density at radius 3 is 2.58 bits per heavy atom. The molecule has 3 N–H and O–H groups in total. The van der Waals surface area contributed by atoms with E-state index in [9.17, 15) is 4.79 Å². The highest BCUT2D eigenvalue weighted by Gasteiger charge is 2.20. The van der Waals surface area contributed by atoms with Gasteiger partial charge in [0, 0.05) is 28.2 Å². The van der Waals surface area contributed by atoms with Gasteiger partial charge in [-0.25, -0.2) is 0 Å². The van der Waals surface area contributed by atoms with Crippen LogP contribution in [0.1, 0.15) is 43.0 Å². The molecule has 0 bridgehead atoms. The van der Waals surface area contributed by atoms with E-state index in [0.29, 0.717) is 17.3 Å². The lowest BCUT2D eigenvalue weighted by molar-refractivity contribution is 0.101. The zero-order valence-electron chi connectivity index (χ0n) is 11.6. The molecule has 0 saturated heterocycles. The average Bonchev–Trinajstić information content (AvgIpc) is 2.41. The number of rotatable bonds is 4. The van der Waals surface area contributed by atoms with Gasteiger partial charge in [0.05, 0.1) is 0 Å². The van der Waals surface area contributed by atoms with E-state index in [1.165, 1.54) is 25.7 Å². The van der Waals surface area contributed by atoms with E-state index in [1.807, 2.05) is 30.0 Å². The topological polar surface area (TPSA) is 55.1 Å². The van der Waals surface area contributed by atoms with Gasteiger partial charge in [0.2, 0.25) is 0 Å². The third kappa shape index (κ3) is 3.66. The second-order valence-electron chi connectivity index (χ2n) is 5.21. The van der Waals surface area contributed by atoms with E-state index in [1.54, 1.807) is 6.92 Å². The predicted molar refractivity (Wildman–Crippen MR) is 84.0 cm³/mol. The highest BCUT2D eigenvalue weighted by molar-refractivity contribution is 7.99. The maximum absolute atomic E-state index is 11.5. The quantitative estimate of drug-likeness (QED) is 0.653. The Morgan fingerprint density at radius 1 is 1.32 bits per heavy atom.